The lowest BCUT2D eigenvalue weighted by Gasteiger charge is -2.13. The number of hydrogen-bond donors (Lipinski definition) is 0. The molecule has 3 heteroatoms. The van der Waals surface area contributed by atoms with Gasteiger partial charge in [-0.3, -0.25) is 0 Å². The van der Waals surface area contributed by atoms with E-state index in [1.165, 1.54) is 11.1 Å². The maximum atomic E-state index is 6.27. The Morgan fingerprint density at radius 1 is 1.11 bits per heavy atom. The van der Waals surface area contributed by atoms with Crippen molar-refractivity contribution in [3.05, 3.63) is 69.2 Å². The highest BCUT2D eigenvalue weighted by Gasteiger charge is 2.12. The molecule has 2 rings (SSSR count). The second-order valence-corrected chi connectivity index (χ2v) is 6.28. The zero-order chi connectivity index (χ0) is 13.1. The first-order valence-corrected chi connectivity index (χ1v) is 7.38. The van der Waals surface area contributed by atoms with Gasteiger partial charge in [0.2, 0.25) is 0 Å². The van der Waals surface area contributed by atoms with Crippen LogP contribution in [-0.2, 0) is 6.42 Å². The van der Waals surface area contributed by atoms with E-state index in [-0.39, 0.29) is 4.83 Å². The van der Waals surface area contributed by atoms with Gasteiger partial charge in [-0.2, -0.15) is 0 Å². The van der Waals surface area contributed by atoms with Gasteiger partial charge in [-0.05, 0) is 48.2 Å². The number of halogens is 3. The minimum atomic E-state index is 0.198. The second-order valence-electron chi connectivity index (χ2n) is 4.33. The number of hydrogen-bond acceptors (Lipinski definition) is 0. The standard InChI is InChI=1S/C15H13BrCl2/c1-10-5-6-13(15(18)7-10)14(16)9-11-3-2-4-12(17)8-11/h2-8,14H,9H2,1H3. The number of alkyl halides is 1. The van der Waals surface area contributed by atoms with Gasteiger partial charge in [0.1, 0.15) is 0 Å². The van der Waals surface area contributed by atoms with Crippen LogP contribution in [0.25, 0.3) is 0 Å². The molecule has 0 aliphatic carbocycles. The summed E-state index contributed by atoms with van der Waals surface area (Å²) >= 11 is 15.9. The third kappa shape index (κ3) is 3.50. The Bertz CT molecular complexity index is 552. The number of aryl methyl sites for hydroxylation is 1. The average Bonchev–Trinajstić information content (AvgIpc) is 2.28. The maximum absolute atomic E-state index is 6.27. The molecular weight excluding hydrogens is 331 g/mol. The van der Waals surface area contributed by atoms with E-state index in [0.29, 0.717) is 0 Å². The Balaban J connectivity index is 2.19. The van der Waals surface area contributed by atoms with Crippen molar-refractivity contribution in [2.75, 3.05) is 0 Å². The molecular formula is C15H13BrCl2. The fourth-order valence-corrected chi connectivity index (χ4v) is 3.35. The van der Waals surface area contributed by atoms with Crippen LogP contribution in [-0.4, -0.2) is 0 Å². The smallest absolute Gasteiger partial charge is 0.0452 e. The van der Waals surface area contributed by atoms with Crippen LogP contribution < -0.4 is 0 Å². The Morgan fingerprint density at radius 3 is 2.56 bits per heavy atom. The highest BCUT2D eigenvalue weighted by Crippen LogP contribution is 2.33. The van der Waals surface area contributed by atoms with E-state index in [1.807, 2.05) is 31.2 Å². The summed E-state index contributed by atoms with van der Waals surface area (Å²) in [5.41, 5.74) is 3.48. The SMILES string of the molecule is Cc1ccc(C(Br)Cc2cccc(Cl)c2)c(Cl)c1. The van der Waals surface area contributed by atoms with Crippen LogP contribution in [0, 0.1) is 6.92 Å². The molecule has 94 valence electrons. The third-order valence-electron chi connectivity index (χ3n) is 2.80. The molecule has 0 aliphatic rings. The summed E-state index contributed by atoms with van der Waals surface area (Å²) in [6.07, 6.45) is 0.864. The van der Waals surface area contributed by atoms with Crippen molar-refractivity contribution in [1.82, 2.24) is 0 Å². The fourth-order valence-electron chi connectivity index (χ4n) is 1.87. The van der Waals surface area contributed by atoms with E-state index < -0.39 is 0 Å². The van der Waals surface area contributed by atoms with Crippen LogP contribution in [0.4, 0.5) is 0 Å². The van der Waals surface area contributed by atoms with E-state index in [4.69, 9.17) is 23.2 Å². The van der Waals surface area contributed by atoms with Crippen LogP contribution in [0.1, 0.15) is 21.5 Å². The first-order chi connectivity index (χ1) is 8.56. The molecule has 0 radical (unpaired) electrons. The molecule has 0 saturated heterocycles. The normalized spacial score (nSPS) is 12.4. The quantitative estimate of drug-likeness (QED) is 0.601. The monoisotopic (exact) mass is 342 g/mol. The molecule has 0 fully saturated rings. The van der Waals surface area contributed by atoms with E-state index in [9.17, 15) is 0 Å². The van der Waals surface area contributed by atoms with Crippen LogP contribution in [0.15, 0.2) is 42.5 Å². The minimum Gasteiger partial charge on any atom is -0.0843 e. The number of benzene rings is 2. The highest BCUT2D eigenvalue weighted by atomic mass is 79.9. The first-order valence-electron chi connectivity index (χ1n) is 5.71. The zero-order valence-electron chi connectivity index (χ0n) is 9.96. The molecule has 1 unspecified atom stereocenters. The Kier molecular flexibility index (Phi) is 4.71. The molecule has 0 aromatic heterocycles. The summed E-state index contributed by atoms with van der Waals surface area (Å²) in [4.78, 5) is 0.198. The summed E-state index contributed by atoms with van der Waals surface area (Å²) in [5.74, 6) is 0. The minimum absolute atomic E-state index is 0.198. The summed E-state index contributed by atoms with van der Waals surface area (Å²) in [6.45, 7) is 2.04. The van der Waals surface area contributed by atoms with E-state index in [0.717, 1.165) is 22.0 Å². The molecule has 0 heterocycles. The van der Waals surface area contributed by atoms with Gasteiger partial charge in [0, 0.05) is 14.9 Å². The van der Waals surface area contributed by atoms with E-state index in [2.05, 4.69) is 34.1 Å². The molecule has 1 atom stereocenters. The molecule has 2 aromatic rings. The molecule has 0 aliphatic heterocycles. The van der Waals surface area contributed by atoms with Gasteiger partial charge in [0.05, 0.1) is 0 Å². The first kappa shape index (κ1) is 13.9. The molecule has 0 amide bonds. The van der Waals surface area contributed by atoms with Gasteiger partial charge in [-0.25, -0.2) is 0 Å². The summed E-state index contributed by atoms with van der Waals surface area (Å²) < 4.78 is 0. The lowest BCUT2D eigenvalue weighted by atomic mass is 10.0. The molecule has 0 saturated carbocycles. The Hall–Kier alpha value is -0.500. The fraction of sp³-hybridized carbons (Fsp3) is 0.200. The van der Waals surface area contributed by atoms with Crippen LogP contribution in [0.2, 0.25) is 10.0 Å². The van der Waals surface area contributed by atoms with E-state index in [1.54, 1.807) is 0 Å². The number of rotatable bonds is 3. The molecule has 0 bridgehead atoms. The van der Waals surface area contributed by atoms with Crippen LogP contribution in [0.5, 0.6) is 0 Å². The molecule has 2 aromatic carbocycles. The van der Waals surface area contributed by atoms with Gasteiger partial charge in [-0.1, -0.05) is 63.4 Å². The Morgan fingerprint density at radius 2 is 1.89 bits per heavy atom. The van der Waals surface area contributed by atoms with Gasteiger partial charge in [-0.15, -0.1) is 0 Å². The van der Waals surface area contributed by atoms with Crippen molar-refractivity contribution in [3.63, 3.8) is 0 Å². The van der Waals surface area contributed by atoms with Crippen molar-refractivity contribution >= 4 is 39.1 Å². The lowest BCUT2D eigenvalue weighted by Crippen LogP contribution is -1.96. The van der Waals surface area contributed by atoms with Crippen molar-refractivity contribution in [2.45, 2.75) is 18.2 Å². The third-order valence-corrected chi connectivity index (χ3v) is 4.18. The van der Waals surface area contributed by atoms with Gasteiger partial charge >= 0.3 is 0 Å². The van der Waals surface area contributed by atoms with Crippen molar-refractivity contribution < 1.29 is 0 Å². The zero-order valence-corrected chi connectivity index (χ0v) is 13.1. The summed E-state index contributed by atoms with van der Waals surface area (Å²) in [7, 11) is 0. The molecule has 18 heavy (non-hydrogen) atoms. The highest BCUT2D eigenvalue weighted by molar-refractivity contribution is 9.09. The predicted octanol–water partition coefficient (Wildman–Crippen LogP) is 5.98. The van der Waals surface area contributed by atoms with E-state index >= 15 is 0 Å². The van der Waals surface area contributed by atoms with Crippen molar-refractivity contribution in [2.24, 2.45) is 0 Å². The summed E-state index contributed by atoms with van der Waals surface area (Å²) in [5, 5.41) is 1.57. The lowest BCUT2D eigenvalue weighted by molar-refractivity contribution is 0.948. The summed E-state index contributed by atoms with van der Waals surface area (Å²) in [6, 6.07) is 14.0. The van der Waals surface area contributed by atoms with Crippen molar-refractivity contribution in [1.29, 1.82) is 0 Å². The average molecular weight is 344 g/mol. The van der Waals surface area contributed by atoms with Crippen LogP contribution >= 0.6 is 39.1 Å². The van der Waals surface area contributed by atoms with Crippen LogP contribution in [0.3, 0.4) is 0 Å². The molecule has 0 nitrogen and oxygen atoms in total. The topological polar surface area (TPSA) is 0 Å². The predicted molar refractivity (Wildman–Crippen MR) is 83.0 cm³/mol. The molecule has 0 N–H and O–H groups in total. The second kappa shape index (κ2) is 6.10. The van der Waals surface area contributed by atoms with Gasteiger partial charge in [0.15, 0.2) is 0 Å². The molecule has 0 spiro atoms. The van der Waals surface area contributed by atoms with Gasteiger partial charge in [0.25, 0.3) is 0 Å². The van der Waals surface area contributed by atoms with Crippen molar-refractivity contribution in [3.8, 4) is 0 Å². The largest absolute Gasteiger partial charge is 0.0843 e. The Labute approximate surface area is 126 Å². The van der Waals surface area contributed by atoms with Gasteiger partial charge < -0.3 is 0 Å². The maximum Gasteiger partial charge on any atom is 0.0452 e.